The number of hydrogen-bond acceptors (Lipinski definition) is 3. The number of ether oxygens (including phenoxy) is 1. The van der Waals surface area contributed by atoms with Crippen LogP contribution in [0.4, 0.5) is 0 Å². The SMILES string of the molecule is CCCNCCNC(=O)C1CCCOC1c1ccccc1.Cl. The Bertz CT molecular complexity index is 428. The Morgan fingerprint density at radius 1 is 1.23 bits per heavy atom. The van der Waals surface area contributed by atoms with E-state index in [-0.39, 0.29) is 30.3 Å². The fourth-order valence-corrected chi connectivity index (χ4v) is 2.73. The molecule has 5 heteroatoms. The molecule has 124 valence electrons. The van der Waals surface area contributed by atoms with E-state index < -0.39 is 0 Å². The van der Waals surface area contributed by atoms with Crippen LogP contribution in [-0.4, -0.2) is 32.1 Å². The maximum absolute atomic E-state index is 12.4. The smallest absolute Gasteiger partial charge is 0.226 e. The summed E-state index contributed by atoms with van der Waals surface area (Å²) in [6, 6.07) is 10.1. The first-order valence-electron chi connectivity index (χ1n) is 7.98. The van der Waals surface area contributed by atoms with Crippen LogP contribution in [0.5, 0.6) is 0 Å². The zero-order valence-electron chi connectivity index (χ0n) is 13.2. The number of benzene rings is 1. The molecule has 0 radical (unpaired) electrons. The van der Waals surface area contributed by atoms with Gasteiger partial charge < -0.3 is 15.4 Å². The van der Waals surface area contributed by atoms with Gasteiger partial charge in [-0.3, -0.25) is 4.79 Å². The lowest BCUT2D eigenvalue weighted by Gasteiger charge is -2.31. The van der Waals surface area contributed by atoms with Gasteiger partial charge in [0.15, 0.2) is 0 Å². The lowest BCUT2D eigenvalue weighted by molar-refractivity contribution is -0.134. The molecule has 0 bridgehead atoms. The van der Waals surface area contributed by atoms with E-state index in [1.165, 1.54) is 0 Å². The molecule has 2 atom stereocenters. The fraction of sp³-hybridized carbons (Fsp3) is 0.588. The Morgan fingerprint density at radius 3 is 2.73 bits per heavy atom. The highest BCUT2D eigenvalue weighted by Crippen LogP contribution is 2.33. The first-order valence-corrected chi connectivity index (χ1v) is 7.98. The number of hydrogen-bond donors (Lipinski definition) is 2. The molecular formula is C17H27ClN2O2. The van der Waals surface area contributed by atoms with Gasteiger partial charge >= 0.3 is 0 Å². The van der Waals surface area contributed by atoms with Gasteiger partial charge in [-0.05, 0) is 31.4 Å². The van der Waals surface area contributed by atoms with Crippen LogP contribution >= 0.6 is 12.4 Å². The predicted molar refractivity (Wildman–Crippen MR) is 91.3 cm³/mol. The van der Waals surface area contributed by atoms with Crippen LogP contribution in [0.2, 0.25) is 0 Å². The molecule has 1 aromatic rings. The molecule has 2 unspecified atom stereocenters. The molecule has 22 heavy (non-hydrogen) atoms. The maximum Gasteiger partial charge on any atom is 0.226 e. The summed E-state index contributed by atoms with van der Waals surface area (Å²) in [5, 5.41) is 6.32. The molecule has 1 aliphatic heterocycles. The lowest BCUT2D eigenvalue weighted by atomic mass is 9.89. The Hall–Kier alpha value is -1.10. The number of carbonyl (C=O) groups excluding carboxylic acids is 1. The van der Waals surface area contributed by atoms with Crippen molar-refractivity contribution in [2.75, 3.05) is 26.2 Å². The van der Waals surface area contributed by atoms with Gasteiger partial charge in [0.2, 0.25) is 5.91 Å². The van der Waals surface area contributed by atoms with Crippen molar-refractivity contribution in [1.82, 2.24) is 10.6 Å². The van der Waals surface area contributed by atoms with Crippen molar-refractivity contribution >= 4 is 18.3 Å². The molecule has 1 aliphatic rings. The van der Waals surface area contributed by atoms with E-state index in [9.17, 15) is 4.79 Å². The van der Waals surface area contributed by atoms with E-state index in [1.807, 2.05) is 30.3 Å². The van der Waals surface area contributed by atoms with Gasteiger partial charge in [0.05, 0.1) is 12.0 Å². The molecule has 1 aromatic carbocycles. The second kappa shape index (κ2) is 10.6. The average Bonchev–Trinajstić information content (AvgIpc) is 2.55. The quantitative estimate of drug-likeness (QED) is 0.757. The predicted octanol–water partition coefficient (Wildman–Crippen LogP) is 2.69. The second-order valence-electron chi connectivity index (χ2n) is 5.49. The average molecular weight is 327 g/mol. The number of halogens is 1. The summed E-state index contributed by atoms with van der Waals surface area (Å²) in [6.45, 7) is 5.37. The highest BCUT2D eigenvalue weighted by Gasteiger charge is 2.32. The minimum Gasteiger partial charge on any atom is -0.373 e. The van der Waals surface area contributed by atoms with Crippen LogP contribution in [0, 0.1) is 5.92 Å². The van der Waals surface area contributed by atoms with E-state index in [4.69, 9.17) is 4.74 Å². The molecule has 2 N–H and O–H groups in total. The molecule has 0 saturated carbocycles. The van der Waals surface area contributed by atoms with Crippen molar-refractivity contribution in [1.29, 1.82) is 0 Å². The molecule has 0 aromatic heterocycles. The molecular weight excluding hydrogens is 300 g/mol. The molecule has 0 spiro atoms. The molecule has 1 heterocycles. The summed E-state index contributed by atoms with van der Waals surface area (Å²) < 4.78 is 5.87. The van der Waals surface area contributed by atoms with Gasteiger partial charge in [0.1, 0.15) is 0 Å². The van der Waals surface area contributed by atoms with Crippen molar-refractivity contribution < 1.29 is 9.53 Å². The zero-order valence-corrected chi connectivity index (χ0v) is 14.0. The van der Waals surface area contributed by atoms with Gasteiger partial charge in [-0.15, -0.1) is 12.4 Å². The summed E-state index contributed by atoms with van der Waals surface area (Å²) >= 11 is 0. The first-order chi connectivity index (χ1) is 10.3. The summed E-state index contributed by atoms with van der Waals surface area (Å²) in [4.78, 5) is 12.4. The number of carbonyl (C=O) groups is 1. The Morgan fingerprint density at radius 2 is 2.00 bits per heavy atom. The van der Waals surface area contributed by atoms with Crippen LogP contribution in [0.25, 0.3) is 0 Å². The fourth-order valence-electron chi connectivity index (χ4n) is 2.73. The second-order valence-corrected chi connectivity index (χ2v) is 5.49. The largest absolute Gasteiger partial charge is 0.373 e. The number of rotatable bonds is 7. The topological polar surface area (TPSA) is 50.4 Å². The number of amides is 1. The number of nitrogens with one attached hydrogen (secondary N) is 2. The van der Waals surface area contributed by atoms with Crippen molar-refractivity contribution in [3.05, 3.63) is 35.9 Å². The Balaban J connectivity index is 0.00000242. The first kappa shape index (κ1) is 18.9. The van der Waals surface area contributed by atoms with Crippen molar-refractivity contribution in [2.24, 2.45) is 5.92 Å². The van der Waals surface area contributed by atoms with E-state index in [1.54, 1.807) is 0 Å². The third kappa shape index (κ3) is 5.59. The molecule has 2 rings (SSSR count). The third-order valence-corrected chi connectivity index (χ3v) is 3.81. The van der Waals surface area contributed by atoms with Gasteiger partial charge in [-0.2, -0.15) is 0 Å². The minimum atomic E-state index is -0.108. The van der Waals surface area contributed by atoms with Crippen LogP contribution in [0.1, 0.15) is 37.9 Å². The molecule has 0 aliphatic carbocycles. The van der Waals surface area contributed by atoms with Crippen LogP contribution in [0.15, 0.2) is 30.3 Å². The molecule has 4 nitrogen and oxygen atoms in total. The van der Waals surface area contributed by atoms with E-state index in [0.29, 0.717) is 6.54 Å². The third-order valence-electron chi connectivity index (χ3n) is 3.81. The Labute approximate surface area is 139 Å². The standard InChI is InChI=1S/C17H26N2O2.ClH/c1-2-10-18-11-12-19-17(20)15-9-6-13-21-16(15)14-7-4-3-5-8-14;/h3-5,7-8,15-16,18H,2,6,9-13H2,1H3,(H,19,20);1H. The molecule has 1 saturated heterocycles. The summed E-state index contributed by atoms with van der Waals surface area (Å²) in [5.41, 5.74) is 1.10. The van der Waals surface area contributed by atoms with Crippen molar-refractivity contribution in [2.45, 2.75) is 32.3 Å². The van der Waals surface area contributed by atoms with Gasteiger partial charge in [-0.1, -0.05) is 37.3 Å². The van der Waals surface area contributed by atoms with Crippen molar-refractivity contribution in [3.8, 4) is 0 Å². The van der Waals surface area contributed by atoms with Crippen molar-refractivity contribution in [3.63, 3.8) is 0 Å². The molecule has 1 fully saturated rings. The van der Waals surface area contributed by atoms with Crippen LogP contribution in [-0.2, 0) is 9.53 Å². The van der Waals surface area contributed by atoms with E-state index in [2.05, 4.69) is 17.6 Å². The van der Waals surface area contributed by atoms with E-state index >= 15 is 0 Å². The summed E-state index contributed by atoms with van der Waals surface area (Å²) in [5.74, 6) is 0.0363. The van der Waals surface area contributed by atoms with Gasteiger partial charge in [-0.25, -0.2) is 0 Å². The highest BCUT2D eigenvalue weighted by molar-refractivity contribution is 5.85. The monoisotopic (exact) mass is 326 g/mol. The minimum absolute atomic E-state index is 0. The lowest BCUT2D eigenvalue weighted by Crippen LogP contribution is -2.40. The zero-order chi connectivity index (χ0) is 14.9. The van der Waals surface area contributed by atoms with Crippen LogP contribution < -0.4 is 10.6 Å². The van der Waals surface area contributed by atoms with Gasteiger partial charge in [0, 0.05) is 19.7 Å². The summed E-state index contributed by atoms with van der Waals surface area (Å²) in [6.07, 6.45) is 2.85. The Kier molecular flexibility index (Phi) is 9.13. The van der Waals surface area contributed by atoms with E-state index in [0.717, 1.165) is 44.5 Å². The normalized spacial score (nSPS) is 21.0. The van der Waals surface area contributed by atoms with Crippen LogP contribution in [0.3, 0.4) is 0 Å². The summed E-state index contributed by atoms with van der Waals surface area (Å²) in [7, 11) is 0. The maximum atomic E-state index is 12.4. The molecule has 1 amide bonds. The highest BCUT2D eigenvalue weighted by atomic mass is 35.5. The van der Waals surface area contributed by atoms with Gasteiger partial charge in [0.25, 0.3) is 0 Å².